The molecule has 5 heteroatoms. The Morgan fingerprint density at radius 2 is 2.23 bits per heavy atom. The number of hydrogen-bond donors (Lipinski definition) is 0. The van der Waals surface area contributed by atoms with E-state index in [-0.39, 0.29) is 0 Å². The van der Waals surface area contributed by atoms with Crippen LogP contribution < -0.4 is 0 Å². The average Bonchev–Trinajstić information content (AvgIpc) is 2.09. The van der Waals surface area contributed by atoms with Gasteiger partial charge in [-0.1, -0.05) is 18.5 Å². The molecule has 1 rings (SSSR count). The maximum Gasteiger partial charge on any atom is 0.151 e. The lowest BCUT2D eigenvalue weighted by Crippen LogP contribution is -1.97. The smallest absolute Gasteiger partial charge is 0.143 e. The van der Waals surface area contributed by atoms with Crippen LogP contribution in [-0.2, 0) is 0 Å². The van der Waals surface area contributed by atoms with Gasteiger partial charge in [0.2, 0.25) is 0 Å². The van der Waals surface area contributed by atoms with Crippen LogP contribution in [-0.4, -0.2) is 21.3 Å². The van der Waals surface area contributed by atoms with E-state index in [1.54, 1.807) is 17.8 Å². The molecule has 0 bridgehead atoms. The third kappa shape index (κ3) is 4.16. The third-order valence-corrected chi connectivity index (χ3v) is 2.96. The maximum absolute atomic E-state index is 5.62. The largest absolute Gasteiger partial charge is 0.151 e. The highest BCUT2D eigenvalue weighted by Crippen LogP contribution is 2.23. The summed E-state index contributed by atoms with van der Waals surface area (Å²) in [6.07, 6.45) is 0.969. The fourth-order valence-electron chi connectivity index (χ4n) is 0.785. The predicted molar refractivity (Wildman–Crippen MR) is 57.7 cm³/mol. The van der Waals surface area contributed by atoms with Crippen LogP contribution in [0.4, 0.5) is 0 Å². The fraction of sp³-hybridized carbons (Fsp3) is 0.500. The molecule has 0 aliphatic rings. The van der Waals surface area contributed by atoms with E-state index in [1.807, 2.05) is 6.07 Å². The zero-order valence-corrected chi connectivity index (χ0v) is 9.53. The molecule has 13 heavy (non-hydrogen) atoms. The molecule has 0 fully saturated rings. The molecule has 0 N–H and O–H groups in total. The summed E-state index contributed by atoms with van der Waals surface area (Å²) in [7, 11) is 0. The lowest BCUT2D eigenvalue weighted by Gasteiger charge is -2.06. The minimum absolute atomic E-state index is 0.425. The van der Waals surface area contributed by atoms with Crippen LogP contribution >= 0.6 is 35.0 Å². The van der Waals surface area contributed by atoms with Crippen LogP contribution in [0.15, 0.2) is 17.2 Å². The number of thioether (sulfide) groups is 1. The average molecular weight is 237 g/mol. The Hall–Kier alpha value is 0.01000. The zero-order chi connectivity index (χ0) is 9.68. The van der Waals surface area contributed by atoms with Crippen molar-refractivity contribution in [2.24, 2.45) is 0 Å². The van der Waals surface area contributed by atoms with Gasteiger partial charge in [0.05, 0.1) is 0 Å². The van der Waals surface area contributed by atoms with Crippen molar-refractivity contribution in [2.75, 3.05) is 5.88 Å². The zero-order valence-electron chi connectivity index (χ0n) is 7.20. The molecule has 72 valence electrons. The fourth-order valence-corrected chi connectivity index (χ4v) is 2.23. The van der Waals surface area contributed by atoms with Gasteiger partial charge in [0.15, 0.2) is 5.15 Å². The van der Waals surface area contributed by atoms with Crippen molar-refractivity contribution in [1.82, 2.24) is 10.2 Å². The number of nitrogens with zero attached hydrogens (tertiary/aromatic N) is 2. The Kier molecular flexibility index (Phi) is 4.84. The summed E-state index contributed by atoms with van der Waals surface area (Å²) in [4.78, 5) is 0. The number of halogens is 2. The first-order valence-electron chi connectivity index (χ1n) is 3.94. The minimum Gasteiger partial charge on any atom is -0.143 e. The van der Waals surface area contributed by atoms with Crippen molar-refractivity contribution in [1.29, 1.82) is 0 Å². The van der Waals surface area contributed by atoms with Gasteiger partial charge >= 0.3 is 0 Å². The Labute approximate surface area is 92.0 Å². The molecule has 1 aromatic heterocycles. The van der Waals surface area contributed by atoms with Gasteiger partial charge in [0, 0.05) is 11.1 Å². The van der Waals surface area contributed by atoms with Gasteiger partial charge < -0.3 is 0 Å². The number of rotatable bonds is 4. The Morgan fingerprint density at radius 3 is 2.77 bits per heavy atom. The van der Waals surface area contributed by atoms with E-state index < -0.39 is 0 Å². The van der Waals surface area contributed by atoms with Gasteiger partial charge in [-0.15, -0.1) is 33.6 Å². The normalized spacial score (nSPS) is 12.8. The lowest BCUT2D eigenvalue weighted by atomic mass is 10.4. The highest BCUT2D eigenvalue weighted by Gasteiger charge is 2.04. The summed E-state index contributed by atoms with van der Waals surface area (Å²) in [6, 6.07) is 3.61. The molecule has 1 unspecified atom stereocenters. The summed E-state index contributed by atoms with van der Waals surface area (Å²) in [5, 5.41) is 9.47. The second-order valence-corrected chi connectivity index (χ2v) is 4.82. The van der Waals surface area contributed by atoms with Gasteiger partial charge in [-0.25, -0.2) is 0 Å². The minimum atomic E-state index is 0.425. The first-order chi connectivity index (χ1) is 6.22. The molecule has 0 aliphatic heterocycles. The van der Waals surface area contributed by atoms with Crippen LogP contribution in [0.1, 0.15) is 13.3 Å². The summed E-state index contributed by atoms with van der Waals surface area (Å²) >= 11 is 12.9. The molecule has 0 saturated carbocycles. The second-order valence-electron chi connectivity index (χ2n) is 2.60. The van der Waals surface area contributed by atoms with Crippen LogP contribution in [0.3, 0.4) is 0 Å². The Balaban J connectivity index is 2.49. The molecule has 0 saturated heterocycles. The molecule has 0 aromatic carbocycles. The topological polar surface area (TPSA) is 25.8 Å². The Morgan fingerprint density at radius 1 is 1.46 bits per heavy atom. The number of aromatic nitrogens is 2. The van der Waals surface area contributed by atoms with E-state index in [0.29, 0.717) is 16.3 Å². The molecule has 0 spiro atoms. The van der Waals surface area contributed by atoms with Gasteiger partial charge in [0.25, 0.3) is 0 Å². The van der Waals surface area contributed by atoms with E-state index in [1.165, 1.54) is 0 Å². The summed E-state index contributed by atoms with van der Waals surface area (Å²) < 4.78 is 0. The molecule has 1 heterocycles. The van der Waals surface area contributed by atoms with Crippen molar-refractivity contribution in [3.05, 3.63) is 17.3 Å². The number of hydrogen-bond acceptors (Lipinski definition) is 3. The van der Waals surface area contributed by atoms with E-state index in [0.717, 1.165) is 11.4 Å². The molecule has 0 amide bonds. The molecule has 1 atom stereocenters. The van der Waals surface area contributed by atoms with Gasteiger partial charge in [-0.05, 0) is 18.6 Å². The summed E-state index contributed by atoms with van der Waals surface area (Å²) in [5.41, 5.74) is 0. The van der Waals surface area contributed by atoms with Gasteiger partial charge in [-0.2, -0.15) is 0 Å². The highest BCUT2D eigenvalue weighted by molar-refractivity contribution is 7.99. The summed E-state index contributed by atoms with van der Waals surface area (Å²) in [5.74, 6) is 0.676. The molecular weight excluding hydrogens is 227 g/mol. The number of alkyl halides is 1. The molecule has 0 aliphatic carbocycles. The van der Waals surface area contributed by atoms with Crippen LogP contribution in [0, 0.1) is 0 Å². The monoisotopic (exact) mass is 236 g/mol. The van der Waals surface area contributed by atoms with Crippen LogP contribution in [0.2, 0.25) is 5.15 Å². The highest BCUT2D eigenvalue weighted by atomic mass is 35.5. The quantitative estimate of drug-likeness (QED) is 0.593. The molecule has 0 radical (unpaired) electrons. The van der Waals surface area contributed by atoms with E-state index in [9.17, 15) is 0 Å². The van der Waals surface area contributed by atoms with Crippen molar-refractivity contribution in [3.63, 3.8) is 0 Å². The Bertz CT molecular complexity index is 253. The maximum atomic E-state index is 5.62. The first kappa shape index (κ1) is 11.1. The summed E-state index contributed by atoms with van der Waals surface area (Å²) in [6.45, 7) is 2.11. The van der Waals surface area contributed by atoms with Crippen LogP contribution in [0.5, 0.6) is 0 Å². The van der Waals surface area contributed by atoms with Crippen molar-refractivity contribution in [2.45, 2.75) is 23.6 Å². The van der Waals surface area contributed by atoms with Gasteiger partial charge in [-0.3, -0.25) is 0 Å². The second kappa shape index (κ2) is 5.68. The van der Waals surface area contributed by atoms with Gasteiger partial charge in [0.1, 0.15) is 5.03 Å². The predicted octanol–water partition coefficient (Wildman–Crippen LogP) is 3.24. The molecule has 2 nitrogen and oxygen atoms in total. The first-order valence-corrected chi connectivity index (χ1v) is 5.73. The SMILES string of the molecule is CC(CCCl)Sc1ccc(Cl)nn1. The third-order valence-electron chi connectivity index (χ3n) is 1.45. The van der Waals surface area contributed by atoms with Crippen LogP contribution in [0.25, 0.3) is 0 Å². The standard InChI is InChI=1S/C8H10Cl2N2S/c1-6(4-5-9)13-8-3-2-7(10)11-12-8/h2-3,6H,4-5H2,1H3. The van der Waals surface area contributed by atoms with E-state index in [2.05, 4.69) is 17.1 Å². The molecule has 1 aromatic rings. The van der Waals surface area contributed by atoms with E-state index in [4.69, 9.17) is 23.2 Å². The van der Waals surface area contributed by atoms with Crippen molar-refractivity contribution in [3.8, 4) is 0 Å². The van der Waals surface area contributed by atoms with E-state index >= 15 is 0 Å². The lowest BCUT2D eigenvalue weighted by molar-refractivity contribution is 0.887. The van der Waals surface area contributed by atoms with Crippen molar-refractivity contribution < 1.29 is 0 Å². The molecular formula is C8H10Cl2N2S. The van der Waals surface area contributed by atoms with Crippen molar-refractivity contribution >= 4 is 35.0 Å².